The second-order valence-corrected chi connectivity index (χ2v) is 4.17. The molecule has 0 spiro atoms. The van der Waals surface area contributed by atoms with Gasteiger partial charge in [0.15, 0.2) is 0 Å². The number of benzene rings is 1. The molecule has 5 nitrogen and oxygen atoms in total. The third-order valence-electron chi connectivity index (χ3n) is 2.80. The van der Waals surface area contributed by atoms with Gasteiger partial charge in [-0.05, 0) is 36.6 Å². The highest BCUT2D eigenvalue weighted by molar-refractivity contribution is 5.94. The smallest absolute Gasteiger partial charge is 0.305 e. The number of carboxylic acids is 1. The Kier molecular flexibility index (Phi) is 3.82. The molecular formula is C13H15NO4. The molecule has 0 bridgehead atoms. The fourth-order valence-corrected chi connectivity index (χ4v) is 1.89. The van der Waals surface area contributed by atoms with Crippen LogP contribution in [0.5, 0.6) is 5.75 Å². The van der Waals surface area contributed by atoms with E-state index in [4.69, 9.17) is 9.84 Å². The van der Waals surface area contributed by atoms with Gasteiger partial charge in [0.1, 0.15) is 5.75 Å². The fraction of sp³-hybridized carbons (Fsp3) is 0.385. The zero-order valence-corrected chi connectivity index (χ0v) is 9.94. The third-order valence-corrected chi connectivity index (χ3v) is 2.80. The summed E-state index contributed by atoms with van der Waals surface area (Å²) in [6, 6.07) is 5.30. The van der Waals surface area contributed by atoms with Gasteiger partial charge in [0.05, 0.1) is 13.0 Å². The van der Waals surface area contributed by atoms with Crippen molar-refractivity contribution in [1.29, 1.82) is 0 Å². The largest absolute Gasteiger partial charge is 0.493 e. The highest BCUT2D eigenvalue weighted by atomic mass is 16.5. The maximum absolute atomic E-state index is 11.8. The number of carbonyl (C=O) groups excluding carboxylic acids is 1. The van der Waals surface area contributed by atoms with Crippen LogP contribution in [-0.4, -0.2) is 30.1 Å². The zero-order chi connectivity index (χ0) is 13.0. The van der Waals surface area contributed by atoms with Crippen molar-refractivity contribution >= 4 is 11.9 Å². The van der Waals surface area contributed by atoms with Crippen LogP contribution in [0.15, 0.2) is 18.2 Å². The van der Waals surface area contributed by atoms with Gasteiger partial charge in [0, 0.05) is 12.1 Å². The maximum atomic E-state index is 11.8. The molecular weight excluding hydrogens is 234 g/mol. The van der Waals surface area contributed by atoms with Crippen molar-refractivity contribution in [3.05, 3.63) is 29.3 Å². The first-order valence-electron chi connectivity index (χ1n) is 5.92. The Morgan fingerprint density at radius 1 is 1.39 bits per heavy atom. The average Bonchev–Trinajstić information content (AvgIpc) is 2.37. The van der Waals surface area contributed by atoms with Gasteiger partial charge in [-0.25, -0.2) is 0 Å². The van der Waals surface area contributed by atoms with Gasteiger partial charge in [0.25, 0.3) is 5.91 Å². The fourth-order valence-electron chi connectivity index (χ4n) is 1.89. The lowest BCUT2D eigenvalue weighted by molar-refractivity contribution is -0.136. The summed E-state index contributed by atoms with van der Waals surface area (Å²) >= 11 is 0. The molecule has 1 aliphatic heterocycles. The van der Waals surface area contributed by atoms with Crippen LogP contribution >= 0.6 is 0 Å². The Morgan fingerprint density at radius 3 is 3.00 bits per heavy atom. The van der Waals surface area contributed by atoms with E-state index in [9.17, 15) is 9.59 Å². The Labute approximate surface area is 105 Å². The van der Waals surface area contributed by atoms with Crippen LogP contribution in [0.3, 0.4) is 0 Å². The molecule has 1 amide bonds. The highest BCUT2D eigenvalue weighted by Crippen LogP contribution is 2.25. The lowest BCUT2D eigenvalue weighted by Gasteiger charge is -2.17. The summed E-state index contributed by atoms with van der Waals surface area (Å²) < 4.78 is 5.46. The van der Waals surface area contributed by atoms with Crippen molar-refractivity contribution in [1.82, 2.24) is 5.32 Å². The second-order valence-electron chi connectivity index (χ2n) is 4.17. The van der Waals surface area contributed by atoms with Crippen LogP contribution in [0.2, 0.25) is 0 Å². The number of hydrogen-bond donors (Lipinski definition) is 2. The molecule has 0 atom stereocenters. The molecule has 0 saturated heterocycles. The van der Waals surface area contributed by atoms with Crippen molar-refractivity contribution in [2.24, 2.45) is 0 Å². The van der Waals surface area contributed by atoms with E-state index in [1.54, 1.807) is 12.1 Å². The monoisotopic (exact) mass is 249 g/mol. The highest BCUT2D eigenvalue weighted by Gasteiger charge is 2.13. The summed E-state index contributed by atoms with van der Waals surface area (Å²) in [4.78, 5) is 22.1. The van der Waals surface area contributed by atoms with E-state index >= 15 is 0 Å². The molecule has 0 radical (unpaired) electrons. The van der Waals surface area contributed by atoms with Crippen LogP contribution in [0, 0.1) is 0 Å². The molecule has 1 heterocycles. The summed E-state index contributed by atoms with van der Waals surface area (Å²) in [6.07, 6.45) is 1.79. The Balaban J connectivity index is 2.00. The molecule has 0 aromatic heterocycles. The van der Waals surface area contributed by atoms with Gasteiger partial charge in [-0.3, -0.25) is 9.59 Å². The van der Waals surface area contributed by atoms with Crippen molar-refractivity contribution in [3.8, 4) is 5.75 Å². The maximum Gasteiger partial charge on any atom is 0.305 e. The Morgan fingerprint density at radius 2 is 2.22 bits per heavy atom. The summed E-state index contributed by atoms with van der Waals surface area (Å²) in [5.74, 6) is -0.331. The number of carbonyl (C=O) groups is 2. The van der Waals surface area contributed by atoms with Gasteiger partial charge >= 0.3 is 5.97 Å². The average molecular weight is 249 g/mol. The first-order chi connectivity index (χ1) is 8.66. The molecule has 1 aromatic rings. The molecule has 18 heavy (non-hydrogen) atoms. The number of amides is 1. The minimum absolute atomic E-state index is 0.0697. The third kappa shape index (κ3) is 3.00. The van der Waals surface area contributed by atoms with Crippen molar-refractivity contribution in [3.63, 3.8) is 0 Å². The van der Waals surface area contributed by atoms with E-state index in [1.807, 2.05) is 6.07 Å². The quantitative estimate of drug-likeness (QED) is 0.841. The number of hydrogen-bond acceptors (Lipinski definition) is 3. The van der Waals surface area contributed by atoms with Gasteiger partial charge in [0.2, 0.25) is 0 Å². The van der Waals surface area contributed by atoms with Gasteiger partial charge in [-0.1, -0.05) is 0 Å². The number of ether oxygens (including phenoxy) is 1. The molecule has 0 saturated carbocycles. The lowest BCUT2D eigenvalue weighted by Crippen LogP contribution is -2.26. The van der Waals surface area contributed by atoms with Crippen LogP contribution in [0.4, 0.5) is 0 Å². The predicted octanol–water partition coefficient (Wildman–Crippen LogP) is 1.22. The van der Waals surface area contributed by atoms with E-state index in [0.29, 0.717) is 5.56 Å². The molecule has 96 valence electrons. The zero-order valence-electron chi connectivity index (χ0n) is 9.94. The summed E-state index contributed by atoms with van der Waals surface area (Å²) in [7, 11) is 0. The minimum atomic E-state index is -0.922. The standard InChI is InChI=1S/C13H15NO4/c15-12(16)5-6-14-13(17)10-3-4-11-9(8-10)2-1-7-18-11/h3-4,8H,1-2,5-7H2,(H,14,17)(H,15,16). The van der Waals surface area contributed by atoms with Crippen LogP contribution in [-0.2, 0) is 11.2 Å². The second kappa shape index (κ2) is 5.53. The SMILES string of the molecule is O=C(O)CCNC(=O)c1ccc2c(c1)CCCO2. The summed E-state index contributed by atoms with van der Waals surface area (Å²) in [5.41, 5.74) is 1.58. The van der Waals surface area contributed by atoms with E-state index < -0.39 is 5.97 Å². The van der Waals surface area contributed by atoms with E-state index in [0.717, 1.165) is 30.8 Å². The van der Waals surface area contributed by atoms with E-state index in [2.05, 4.69) is 5.32 Å². The number of aliphatic carboxylic acids is 1. The molecule has 0 fully saturated rings. The minimum Gasteiger partial charge on any atom is -0.493 e. The van der Waals surface area contributed by atoms with Gasteiger partial charge in [-0.2, -0.15) is 0 Å². The van der Waals surface area contributed by atoms with Gasteiger partial charge < -0.3 is 15.2 Å². The van der Waals surface area contributed by atoms with Crippen LogP contribution < -0.4 is 10.1 Å². The molecule has 5 heteroatoms. The molecule has 2 N–H and O–H groups in total. The van der Waals surface area contributed by atoms with E-state index in [1.165, 1.54) is 0 Å². The van der Waals surface area contributed by atoms with E-state index in [-0.39, 0.29) is 18.9 Å². The summed E-state index contributed by atoms with van der Waals surface area (Å²) in [5, 5.41) is 11.1. The van der Waals surface area contributed by atoms with Gasteiger partial charge in [-0.15, -0.1) is 0 Å². The Hall–Kier alpha value is -2.04. The van der Waals surface area contributed by atoms with Crippen molar-refractivity contribution < 1.29 is 19.4 Å². The Bertz CT molecular complexity index is 470. The predicted molar refractivity (Wildman–Crippen MR) is 64.8 cm³/mol. The molecule has 1 aromatic carbocycles. The molecule has 0 aliphatic carbocycles. The molecule has 2 rings (SSSR count). The first kappa shape index (κ1) is 12.4. The number of fused-ring (bicyclic) bond motifs is 1. The summed E-state index contributed by atoms with van der Waals surface area (Å²) in [6.45, 7) is 0.860. The number of carboxylic acid groups (broad SMARTS) is 1. The number of aryl methyl sites for hydroxylation is 1. The van der Waals surface area contributed by atoms with Crippen LogP contribution in [0.25, 0.3) is 0 Å². The topological polar surface area (TPSA) is 75.6 Å². The lowest BCUT2D eigenvalue weighted by atomic mass is 10.0. The molecule has 0 unspecified atom stereocenters. The first-order valence-corrected chi connectivity index (χ1v) is 5.92. The normalized spacial score (nSPS) is 13.3. The number of rotatable bonds is 4. The van der Waals surface area contributed by atoms with Crippen LogP contribution in [0.1, 0.15) is 28.8 Å². The molecule has 1 aliphatic rings. The number of nitrogens with one attached hydrogen (secondary N) is 1. The van der Waals surface area contributed by atoms with Crippen molar-refractivity contribution in [2.75, 3.05) is 13.2 Å². The van der Waals surface area contributed by atoms with Crippen molar-refractivity contribution in [2.45, 2.75) is 19.3 Å².